The predicted octanol–water partition coefficient (Wildman–Crippen LogP) is 2.86. The number of aliphatic hydroxyl groups is 1. The molecule has 112 valence electrons. The van der Waals surface area contributed by atoms with Crippen molar-refractivity contribution in [3.05, 3.63) is 0 Å². The van der Waals surface area contributed by atoms with Crippen molar-refractivity contribution in [3.8, 4) is 0 Å². The average molecular weight is 269 g/mol. The van der Waals surface area contributed by atoms with Crippen LogP contribution in [0.4, 0.5) is 0 Å². The summed E-state index contributed by atoms with van der Waals surface area (Å²) in [6.07, 6.45) is 10.3. The third-order valence-corrected chi connectivity index (χ3v) is 4.75. The van der Waals surface area contributed by atoms with Gasteiger partial charge >= 0.3 is 0 Å². The van der Waals surface area contributed by atoms with Crippen LogP contribution in [0, 0.1) is 5.92 Å². The lowest BCUT2D eigenvalue weighted by Gasteiger charge is -2.31. The van der Waals surface area contributed by atoms with Crippen LogP contribution in [0.5, 0.6) is 0 Å². The lowest BCUT2D eigenvalue weighted by atomic mass is 9.90. The Labute approximate surface area is 118 Å². The summed E-state index contributed by atoms with van der Waals surface area (Å²) in [5.74, 6) is 0.788. The number of nitrogens with one attached hydrogen (secondary N) is 1. The zero-order valence-electron chi connectivity index (χ0n) is 12.7. The highest BCUT2D eigenvalue weighted by Gasteiger charge is 2.39. The molecule has 2 N–H and O–H groups in total. The van der Waals surface area contributed by atoms with Crippen molar-refractivity contribution in [3.63, 3.8) is 0 Å². The van der Waals surface area contributed by atoms with Gasteiger partial charge in [-0.05, 0) is 38.0 Å². The summed E-state index contributed by atoms with van der Waals surface area (Å²) in [4.78, 5) is 0. The Hall–Kier alpha value is -0.120. The molecule has 0 aromatic rings. The molecule has 0 spiro atoms. The van der Waals surface area contributed by atoms with Crippen molar-refractivity contribution < 1.29 is 9.84 Å². The van der Waals surface area contributed by atoms with Crippen LogP contribution >= 0.6 is 0 Å². The minimum absolute atomic E-state index is 0.0919. The van der Waals surface area contributed by atoms with Crippen molar-refractivity contribution in [1.29, 1.82) is 0 Å². The van der Waals surface area contributed by atoms with Crippen LogP contribution in [0.3, 0.4) is 0 Å². The van der Waals surface area contributed by atoms with E-state index in [1.54, 1.807) is 0 Å². The van der Waals surface area contributed by atoms with Crippen LogP contribution < -0.4 is 5.32 Å². The van der Waals surface area contributed by atoms with Gasteiger partial charge < -0.3 is 15.2 Å². The molecule has 0 aliphatic heterocycles. The van der Waals surface area contributed by atoms with Crippen LogP contribution in [-0.2, 0) is 4.74 Å². The number of rotatable bonds is 6. The third kappa shape index (κ3) is 4.44. The van der Waals surface area contributed by atoms with E-state index in [2.05, 4.69) is 19.2 Å². The summed E-state index contributed by atoms with van der Waals surface area (Å²) in [6.45, 7) is 5.46. The van der Waals surface area contributed by atoms with Gasteiger partial charge in [0.05, 0.1) is 12.7 Å². The van der Waals surface area contributed by atoms with Gasteiger partial charge in [-0.25, -0.2) is 0 Å². The van der Waals surface area contributed by atoms with Gasteiger partial charge in [-0.15, -0.1) is 0 Å². The fourth-order valence-electron chi connectivity index (χ4n) is 3.78. The van der Waals surface area contributed by atoms with Gasteiger partial charge in [0.2, 0.25) is 0 Å². The van der Waals surface area contributed by atoms with E-state index in [1.807, 2.05) is 0 Å². The quantitative estimate of drug-likeness (QED) is 0.779. The Morgan fingerprint density at radius 3 is 2.58 bits per heavy atom. The lowest BCUT2D eigenvalue weighted by molar-refractivity contribution is 0.0167. The van der Waals surface area contributed by atoms with E-state index in [0.717, 1.165) is 31.8 Å². The summed E-state index contributed by atoms with van der Waals surface area (Å²) in [5.41, 5.74) is -0.0919. The van der Waals surface area contributed by atoms with E-state index in [0.29, 0.717) is 12.1 Å². The first kappa shape index (κ1) is 15.3. The first-order chi connectivity index (χ1) is 9.13. The molecule has 2 saturated carbocycles. The minimum atomic E-state index is -0.0919. The minimum Gasteiger partial charge on any atom is -0.394 e. The summed E-state index contributed by atoms with van der Waals surface area (Å²) in [7, 11) is 0. The lowest BCUT2D eigenvalue weighted by Crippen LogP contribution is -2.50. The van der Waals surface area contributed by atoms with Crippen LogP contribution in [0.1, 0.15) is 65.2 Å². The average Bonchev–Trinajstić information content (AvgIpc) is 2.81. The normalized spacial score (nSPS) is 33.2. The number of hydrogen-bond acceptors (Lipinski definition) is 3. The van der Waals surface area contributed by atoms with E-state index in [9.17, 15) is 5.11 Å². The van der Waals surface area contributed by atoms with Crippen molar-refractivity contribution in [1.82, 2.24) is 5.32 Å². The molecule has 2 aliphatic rings. The Kier molecular flexibility index (Phi) is 5.67. The molecule has 2 fully saturated rings. The van der Waals surface area contributed by atoms with Gasteiger partial charge in [-0.2, -0.15) is 0 Å². The number of hydrogen-bond donors (Lipinski definition) is 2. The predicted molar refractivity (Wildman–Crippen MR) is 78.3 cm³/mol. The van der Waals surface area contributed by atoms with Crippen molar-refractivity contribution >= 4 is 0 Å². The Morgan fingerprint density at radius 1 is 1.21 bits per heavy atom. The maximum absolute atomic E-state index is 9.68. The maximum atomic E-state index is 9.68. The summed E-state index contributed by atoms with van der Waals surface area (Å²) >= 11 is 0. The van der Waals surface area contributed by atoms with E-state index in [1.165, 1.54) is 32.1 Å². The van der Waals surface area contributed by atoms with E-state index in [4.69, 9.17) is 4.74 Å². The molecular weight excluding hydrogens is 238 g/mol. The van der Waals surface area contributed by atoms with Gasteiger partial charge in [0.15, 0.2) is 0 Å². The van der Waals surface area contributed by atoms with Crippen molar-refractivity contribution in [2.75, 3.05) is 13.2 Å². The number of aliphatic hydroxyl groups excluding tert-OH is 1. The molecule has 2 atom stereocenters. The summed E-state index contributed by atoms with van der Waals surface area (Å²) in [6, 6.07) is 0.421. The summed E-state index contributed by atoms with van der Waals surface area (Å²) in [5, 5.41) is 13.2. The first-order valence-electron chi connectivity index (χ1n) is 8.14. The Morgan fingerprint density at radius 2 is 1.95 bits per heavy atom. The molecule has 0 radical (unpaired) electrons. The molecule has 2 aliphatic carbocycles. The van der Waals surface area contributed by atoms with Crippen LogP contribution in [0.25, 0.3) is 0 Å². The van der Waals surface area contributed by atoms with Gasteiger partial charge in [-0.1, -0.05) is 33.1 Å². The molecule has 3 nitrogen and oxygen atoms in total. The molecule has 19 heavy (non-hydrogen) atoms. The monoisotopic (exact) mass is 269 g/mol. The molecule has 0 bridgehead atoms. The van der Waals surface area contributed by atoms with Gasteiger partial charge in [-0.3, -0.25) is 0 Å². The first-order valence-corrected chi connectivity index (χ1v) is 8.14. The van der Waals surface area contributed by atoms with Crippen LogP contribution in [-0.4, -0.2) is 36.0 Å². The maximum Gasteiger partial charge on any atom is 0.0614 e. The highest BCUT2D eigenvalue weighted by molar-refractivity contribution is 4.97. The third-order valence-electron chi connectivity index (χ3n) is 4.75. The molecule has 2 unspecified atom stereocenters. The second kappa shape index (κ2) is 7.05. The molecule has 3 heteroatoms. The van der Waals surface area contributed by atoms with E-state index < -0.39 is 0 Å². The van der Waals surface area contributed by atoms with Crippen molar-refractivity contribution in [2.24, 2.45) is 5.92 Å². The van der Waals surface area contributed by atoms with Crippen molar-refractivity contribution in [2.45, 2.75) is 82.9 Å². The molecule has 2 rings (SSSR count). The second-order valence-electron chi connectivity index (χ2n) is 6.94. The standard InChI is InChI=1S/C16H31NO2/c1-13(2)17-16(12-18)9-8-15(10-16)19-11-14-6-4-3-5-7-14/h13-15,17-18H,3-12H2,1-2H3. The molecule has 0 aromatic heterocycles. The highest BCUT2D eigenvalue weighted by Crippen LogP contribution is 2.33. The van der Waals surface area contributed by atoms with Gasteiger partial charge in [0, 0.05) is 18.2 Å². The van der Waals surface area contributed by atoms with Crippen LogP contribution in [0.15, 0.2) is 0 Å². The highest BCUT2D eigenvalue weighted by atomic mass is 16.5. The molecule has 0 heterocycles. The SMILES string of the molecule is CC(C)NC1(CO)CCC(OCC2CCCCC2)C1. The Bertz CT molecular complexity index is 263. The molecule has 0 saturated heterocycles. The second-order valence-corrected chi connectivity index (χ2v) is 6.94. The topological polar surface area (TPSA) is 41.5 Å². The zero-order chi connectivity index (χ0) is 13.7. The number of ether oxygens (including phenoxy) is 1. The smallest absolute Gasteiger partial charge is 0.0614 e. The largest absolute Gasteiger partial charge is 0.394 e. The van der Waals surface area contributed by atoms with E-state index in [-0.39, 0.29) is 12.1 Å². The zero-order valence-corrected chi connectivity index (χ0v) is 12.7. The summed E-state index contributed by atoms with van der Waals surface area (Å²) < 4.78 is 6.13. The van der Waals surface area contributed by atoms with Gasteiger partial charge in [0.25, 0.3) is 0 Å². The van der Waals surface area contributed by atoms with E-state index >= 15 is 0 Å². The van der Waals surface area contributed by atoms with Crippen LogP contribution in [0.2, 0.25) is 0 Å². The fourth-order valence-corrected chi connectivity index (χ4v) is 3.78. The van der Waals surface area contributed by atoms with Gasteiger partial charge in [0.1, 0.15) is 0 Å². The fraction of sp³-hybridized carbons (Fsp3) is 1.00. The Balaban J connectivity index is 1.74. The molecule has 0 aromatic carbocycles. The molecular formula is C16H31NO2. The molecule has 0 amide bonds.